The number of hydrogen-bond acceptors (Lipinski definition) is 4. The average molecular weight is 296 g/mol. The van der Waals surface area contributed by atoms with Gasteiger partial charge in [-0.25, -0.2) is 0 Å². The largest absolute Gasteiger partial charge is 0.355 e. The molecule has 0 spiro atoms. The van der Waals surface area contributed by atoms with Crippen LogP contribution in [0.15, 0.2) is 0 Å². The molecule has 0 aromatic rings. The molecule has 2 fully saturated rings. The van der Waals surface area contributed by atoms with Gasteiger partial charge in [0.05, 0.1) is 6.04 Å². The van der Waals surface area contributed by atoms with Crippen molar-refractivity contribution in [3.63, 3.8) is 0 Å². The SMILES string of the molecule is CCNC(=O)[C@@H]1C[C@@H](N)CN1C1CC(C)(C)NC(C)(C)C1. The fourth-order valence-electron chi connectivity index (χ4n) is 4.35. The summed E-state index contributed by atoms with van der Waals surface area (Å²) in [6.45, 7) is 12.5. The van der Waals surface area contributed by atoms with E-state index in [2.05, 4.69) is 43.2 Å². The van der Waals surface area contributed by atoms with Crippen LogP contribution in [0, 0.1) is 0 Å². The minimum Gasteiger partial charge on any atom is -0.355 e. The Kier molecular flexibility index (Phi) is 4.66. The molecular weight excluding hydrogens is 264 g/mol. The quantitative estimate of drug-likeness (QED) is 0.721. The van der Waals surface area contributed by atoms with Crippen LogP contribution in [0.2, 0.25) is 0 Å². The highest BCUT2D eigenvalue weighted by atomic mass is 16.2. The van der Waals surface area contributed by atoms with Gasteiger partial charge in [0.25, 0.3) is 0 Å². The summed E-state index contributed by atoms with van der Waals surface area (Å²) >= 11 is 0. The van der Waals surface area contributed by atoms with Crippen LogP contribution < -0.4 is 16.4 Å². The molecule has 2 atom stereocenters. The second kappa shape index (κ2) is 5.86. The third kappa shape index (κ3) is 3.96. The van der Waals surface area contributed by atoms with Gasteiger partial charge in [-0.3, -0.25) is 9.69 Å². The van der Waals surface area contributed by atoms with Gasteiger partial charge < -0.3 is 16.4 Å². The number of nitrogens with one attached hydrogen (secondary N) is 2. The Hall–Kier alpha value is -0.650. The highest BCUT2D eigenvalue weighted by molar-refractivity contribution is 5.82. The second-order valence-corrected chi connectivity index (χ2v) is 8.06. The van der Waals surface area contributed by atoms with E-state index < -0.39 is 0 Å². The Labute approximate surface area is 129 Å². The summed E-state index contributed by atoms with van der Waals surface area (Å²) in [6.07, 6.45) is 2.88. The molecule has 0 saturated carbocycles. The van der Waals surface area contributed by atoms with Gasteiger partial charge in [-0.05, 0) is 53.9 Å². The fraction of sp³-hybridized carbons (Fsp3) is 0.938. The molecule has 0 bridgehead atoms. The molecule has 0 radical (unpaired) electrons. The van der Waals surface area contributed by atoms with E-state index in [-0.39, 0.29) is 29.1 Å². The molecule has 2 aliphatic heterocycles. The van der Waals surface area contributed by atoms with E-state index in [0.29, 0.717) is 12.6 Å². The van der Waals surface area contributed by atoms with E-state index in [1.54, 1.807) is 0 Å². The lowest BCUT2D eigenvalue weighted by Gasteiger charge is -2.50. The van der Waals surface area contributed by atoms with Crippen molar-refractivity contribution >= 4 is 5.91 Å². The molecule has 2 heterocycles. The molecule has 122 valence electrons. The van der Waals surface area contributed by atoms with Gasteiger partial charge >= 0.3 is 0 Å². The van der Waals surface area contributed by atoms with Crippen LogP contribution >= 0.6 is 0 Å². The van der Waals surface area contributed by atoms with Crippen molar-refractivity contribution in [1.82, 2.24) is 15.5 Å². The van der Waals surface area contributed by atoms with Crippen molar-refractivity contribution in [3.05, 3.63) is 0 Å². The van der Waals surface area contributed by atoms with Gasteiger partial charge in [0, 0.05) is 36.3 Å². The van der Waals surface area contributed by atoms with E-state index in [0.717, 1.165) is 25.8 Å². The first-order chi connectivity index (χ1) is 9.63. The second-order valence-electron chi connectivity index (χ2n) is 8.06. The number of hydrogen-bond donors (Lipinski definition) is 3. The smallest absolute Gasteiger partial charge is 0.237 e. The van der Waals surface area contributed by atoms with E-state index in [1.165, 1.54) is 0 Å². The Morgan fingerprint density at radius 3 is 2.38 bits per heavy atom. The molecule has 2 saturated heterocycles. The van der Waals surface area contributed by atoms with E-state index in [1.807, 2.05) is 6.92 Å². The van der Waals surface area contributed by atoms with Crippen LogP contribution in [0.1, 0.15) is 53.9 Å². The zero-order valence-electron chi connectivity index (χ0n) is 14.2. The van der Waals surface area contributed by atoms with Crippen LogP contribution in [0.25, 0.3) is 0 Å². The van der Waals surface area contributed by atoms with Gasteiger partial charge in [-0.1, -0.05) is 0 Å². The number of carbonyl (C=O) groups excluding carboxylic acids is 1. The molecule has 4 N–H and O–H groups in total. The number of piperidine rings is 1. The lowest BCUT2D eigenvalue weighted by atomic mass is 9.79. The number of carbonyl (C=O) groups is 1. The molecule has 0 unspecified atom stereocenters. The Balaban J connectivity index is 2.16. The molecule has 5 nitrogen and oxygen atoms in total. The summed E-state index contributed by atoms with van der Waals surface area (Å²) in [5.74, 6) is 0.139. The van der Waals surface area contributed by atoms with E-state index >= 15 is 0 Å². The fourth-order valence-corrected chi connectivity index (χ4v) is 4.35. The summed E-state index contributed by atoms with van der Waals surface area (Å²) in [5, 5.41) is 6.67. The zero-order chi connectivity index (χ0) is 15.8. The number of amides is 1. The molecule has 1 amide bonds. The predicted octanol–water partition coefficient (Wildman–Crippen LogP) is 0.833. The summed E-state index contributed by atoms with van der Waals surface area (Å²) < 4.78 is 0. The van der Waals surface area contributed by atoms with Crippen molar-refractivity contribution in [3.8, 4) is 0 Å². The van der Waals surface area contributed by atoms with Gasteiger partial charge in [0.15, 0.2) is 0 Å². The van der Waals surface area contributed by atoms with Gasteiger partial charge in [-0.2, -0.15) is 0 Å². The number of nitrogens with two attached hydrogens (primary N) is 1. The van der Waals surface area contributed by atoms with Gasteiger partial charge in [0.2, 0.25) is 5.91 Å². The third-order valence-corrected chi connectivity index (χ3v) is 4.66. The third-order valence-electron chi connectivity index (χ3n) is 4.66. The van der Waals surface area contributed by atoms with Crippen molar-refractivity contribution in [2.75, 3.05) is 13.1 Å². The molecule has 2 aliphatic rings. The maximum atomic E-state index is 12.3. The minimum atomic E-state index is -0.0605. The van der Waals surface area contributed by atoms with Crippen LogP contribution in [-0.4, -0.2) is 53.1 Å². The molecule has 2 rings (SSSR count). The highest BCUT2D eigenvalue weighted by Gasteiger charge is 2.45. The Bertz CT molecular complexity index is 378. The first-order valence-electron chi connectivity index (χ1n) is 8.22. The molecule has 0 aromatic carbocycles. The summed E-state index contributed by atoms with van der Waals surface area (Å²) in [6, 6.07) is 0.464. The van der Waals surface area contributed by atoms with Crippen molar-refractivity contribution in [1.29, 1.82) is 0 Å². The van der Waals surface area contributed by atoms with Crippen molar-refractivity contribution < 1.29 is 4.79 Å². The predicted molar refractivity (Wildman–Crippen MR) is 86.1 cm³/mol. The monoisotopic (exact) mass is 296 g/mol. The van der Waals surface area contributed by atoms with Gasteiger partial charge in [0.1, 0.15) is 0 Å². The number of rotatable bonds is 3. The molecule has 0 aromatic heterocycles. The normalized spacial score (nSPS) is 33.0. The van der Waals surface area contributed by atoms with E-state index in [9.17, 15) is 4.79 Å². The van der Waals surface area contributed by atoms with Crippen LogP contribution in [0.4, 0.5) is 0 Å². The standard InChI is InChI=1S/C16H32N4O/c1-6-18-14(21)13-7-11(17)10-20(13)12-8-15(2,3)19-16(4,5)9-12/h11-13,19H,6-10,17H2,1-5H3,(H,18,21)/t11-,13+/m1/s1. The minimum absolute atomic E-state index is 0.0605. The highest BCUT2D eigenvalue weighted by Crippen LogP contribution is 2.34. The number of likely N-dealkylation sites (tertiary alicyclic amines) is 1. The molecular formula is C16H32N4O. The van der Waals surface area contributed by atoms with Crippen molar-refractivity contribution in [2.24, 2.45) is 5.73 Å². The van der Waals surface area contributed by atoms with Crippen LogP contribution in [0.3, 0.4) is 0 Å². The first kappa shape index (κ1) is 16.7. The zero-order valence-corrected chi connectivity index (χ0v) is 14.2. The first-order valence-corrected chi connectivity index (χ1v) is 8.22. The Morgan fingerprint density at radius 1 is 1.29 bits per heavy atom. The lowest BCUT2D eigenvalue weighted by Crippen LogP contribution is -2.63. The maximum absolute atomic E-state index is 12.3. The lowest BCUT2D eigenvalue weighted by molar-refractivity contribution is -0.126. The van der Waals surface area contributed by atoms with Crippen LogP contribution in [0.5, 0.6) is 0 Å². The maximum Gasteiger partial charge on any atom is 0.237 e. The topological polar surface area (TPSA) is 70.4 Å². The summed E-state index contributed by atoms with van der Waals surface area (Å²) in [7, 11) is 0. The molecule has 0 aliphatic carbocycles. The molecule has 5 heteroatoms. The summed E-state index contributed by atoms with van der Waals surface area (Å²) in [4.78, 5) is 14.7. The average Bonchev–Trinajstić information content (AvgIpc) is 2.67. The summed E-state index contributed by atoms with van der Waals surface area (Å²) in [5.41, 5.74) is 6.33. The Morgan fingerprint density at radius 2 is 1.86 bits per heavy atom. The molecule has 21 heavy (non-hydrogen) atoms. The van der Waals surface area contributed by atoms with Gasteiger partial charge in [-0.15, -0.1) is 0 Å². The number of nitrogens with zero attached hydrogens (tertiary/aromatic N) is 1. The van der Waals surface area contributed by atoms with Crippen molar-refractivity contribution in [2.45, 2.75) is 83.1 Å². The number of likely N-dealkylation sites (N-methyl/N-ethyl adjacent to an activating group) is 1. The van der Waals surface area contributed by atoms with Crippen LogP contribution in [-0.2, 0) is 4.79 Å². The van der Waals surface area contributed by atoms with E-state index in [4.69, 9.17) is 5.73 Å².